The van der Waals surface area contributed by atoms with Crippen molar-refractivity contribution in [2.75, 3.05) is 14.1 Å². The Hall–Kier alpha value is -5.27. The standard InChI is InChI=1S/C41H36N4O2S/c1-5-44-31(29-15-7-11-25-13-9-17-33(44)36(25)29)23-21-27-19-20-28(35(27)38-39(46)42(3)41(48)43(4)40(38)47)22-24-32-30-16-8-12-26-14-10-18-34(37(26)30)45(32)6-2/h7-18,21-24H,5-6,19-20H2,1-4H3. The molecule has 1 saturated carbocycles. The average molecular weight is 649 g/mol. The zero-order chi connectivity index (χ0) is 33.3. The van der Waals surface area contributed by atoms with E-state index in [9.17, 15) is 9.59 Å². The monoisotopic (exact) mass is 648 g/mol. The highest BCUT2D eigenvalue weighted by Crippen LogP contribution is 2.40. The van der Waals surface area contributed by atoms with Gasteiger partial charge < -0.3 is 9.13 Å². The van der Waals surface area contributed by atoms with Crippen LogP contribution in [0.2, 0.25) is 0 Å². The molecule has 3 heterocycles. The first-order valence-electron chi connectivity index (χ1n) is 16.6. The van der Waals surface area contributed by atoms with Crippen LogP contribution in [0.1, 0.15) is 26.7 Å². The van der Waals surface area contributed by atoms with Crippen LogP contribution in [0, 0.1) is 0 Å². The van der Waals surface area contributed by atoms with E-state index in [-0.39, 0.29) is 22.5 Å². The van der Waals surface area contributed by atoms with Gasteiger partial charge in [0.1, 0.15) is 5.57 Å². The number of nitrogens with zero attached hydrogens (tertiary/aromatic N) is 4. The van der Waals surface area contributed by atoms with Crippen LogP contribution in [0.4, 0.5) is 0 Å². The first kappa shape index (κ1) is 30.1. The summed E-state index contributed by atoms with van der Waals surface area (Å²) >= 11 is 5.45. The van der Waals surface area contributed by atoms with Crippen molar-refractivity contribution in [1.82, 2.24) is 18.9 Å². The van der Waals surface area contributed by atoms with Crippen molar-refractivity contribution < 1.29 is 9.59 Å². The molecule has 1 saturated heterocycles. The van der Waals surface area contributed by atoms with Crippen LogP contribution in [0.5, 0.6) is 0 Å². The second kappa shape index (κ2) is 11.5. The lowest BCUT2D eigenvalue weighted by atomic mass is 9.95. The zero-order valence-corrected chi connectivity index (χ0v) is 28.4. The molecule has 2 aliphatic rings. The zero-order valence-electron chi connectivity index (χ0n) is 27.6. The van der Waals surface area contributed by atoms with Gasteiger partial charge in [-0.2, -0.15) is 0 Å². The molecular weight excluding hydrogens is 613 g/mol. The summed E-state index contributed by atoms with van der Waals surface area (Å²) in [6.07, 6.45) is 10.0. The van der Waals surface area contributed by atoms with E-state index in [0.29, 0.717) is 18.4 Å². The number of carbonyl (C=O) groups is 2. The van der Waals surface area contributed by atoms with Crippen LogP contribution < -0.4 is 10.7 Å². The molecule has 0 unspecified atom stereocenters. The Kier molecular flexibility index (Phi) is 7.18. The van der Waals surface area contributed by atoms with Gasteiger partial charge >= 0.3 is 0 Å². The van der Waals surface area contributed by atoms with Crippen molar-refractivity contribution in [2.45, 2.75) is 39.8 Å². The normalized spacial score (nSPS) is 18.7. The molecule has 2 fully saturated rings. The smallest absolute Gasteiger partial charge is 0.266 e. The molecule has 0 radical (unpaired) electrons. The Morgan fingerprint density at radius 2 is 1.02 bits per heavy atom. The highest BCUT2D eigenvalue weighted by Gasteiger charge is 2.40. The van der Waals surface area contributed by atoms with Gasteiger partial charge in [-0.05, 0) is 90.7 Å². The third-order valence-electron chi connectivity index (χ3n) is 10.2. The van der Waals surface area contributed by atoms with E-state index in [1.807, 2.05) is 0 Å². The number of hydrogen-bond acceptors (Lipinski definition) is 3. The maximum atomic E-state index is 13.9. The lowest BCUT2D eigenvalue weighted by Gasteiger charge is -2.33. The predicted octanol–water partition coefficient (Wildman–Crippen LogP) is 6.80. The van der Waals surface area contributed by atoms with E-state index >= 15 is 0 Å². The van der Waals surface area contributed by atoms with Crippen LogP contribution in [-0.4, -0.2) is 50.0 Å². The fourth-order valence-electron chi connectivity index (χ4n) is 7.89. The Labute approximate surface area is 284 Å². The summed E-state index contributed by atoms with van der Waals surface area (Å²) < 4.78 is 4.68. The number of allylic oxidation sites excluding steroid dienone is 5. The quantitative estimate of drug-likeness (QED) is 0.120. The summed E-state index contributed by atoms with van der Waals surface area (Å²) in [4.78, 5) is 30.6. The van der Waals surface area contributed by atoms with Gasteiger partial charge in [-0.25, -0.2) is 0 Å². The summed E-state index contributed by atoms with van der Waals surface area (Å²) in [5.41, 5.74) is 5.25. The summed E-state index contributed by atoms with van der Waals surface area (Å²) in [6.45, 7) is 5.97. The summed E-state index contributed by atoms with van der Waals surface area (Å²) in [7, 11) is 3.29. The van der Waals surface area contributed by atoms with E-state index in [2.05, 4.69) is 120 Å². The number of rotatable bonds is 4. The molecule has 2 aromatic heterocycles. The minimum Gasteiger partial charge on any atom is -0.341 e. The third-order valence-corrected chi connectivity index (χ3v) is 10.7. The minimum atomic E-state index is -0.362. The van der Waals surface area contributed by atoms with Crippen molar-refractivity contribution >= 4 is 84.6 Å². The number of aryl methyl sites for hydroxylation is 2. The van der Waals surface area contributed by atoms with E-state index in [1.165, 1.54) is 53.2 Å². The molecule has 0 N–H and O–H groups in total. The van der Waals surface area contributed by atoms with Crippen LogP contribution in [0.25, 0.3) is 55.5 Å². The molecule has 6 nitrogen and oxygen atoms in total. The first-order chi connectivity index (χ1) is 23.3. The SMILES string of the molecule is CCn1c(=CC=C2CCC(=CC=c3c4cccc5cccc(c54)n3CC)C2=C2C(=O)N(C)C(=S)N(C)C2=O)c2cccc3cccc1c32. The topological polar surface area (TPSA) is 50.5 Å². The molecule has 1 aliphatic heterocycles. The summed E-state index contributed by atoms with van der Waals surface area (Å²) in [5, 5.41) is 9.77. The van der Waals surface area contributed by atoms with Gasteiger partial charge in [0.05, 0.1) is 0 Å². The van der Waals surface area contributed by atoms with Crippen LogP contribution in [0.3, 0.4) is 0 Å². The molecule has 7 heteroatoms. The molecule has 0 bridgehead atoms. The number of thiocarbonyl (C=S) groups is 1. The average Bonchev–Trinajstić information content (AvgIpc) is 3.76. The van der Waals surface area contributed by atoms with Gasteiger partial charge in [0, 0.05) is 70.5 Å². The highest BCUT2D eigenvalue weighted by molar-refractivity contribution is 7.80. The van der Waals surface area contributed by atoms with Crippen LogP contribution in [0.15, 0.2) is 107 Å². The Morgan fingerprint density at radius 3 is 1.44 bits per heavy atom. The molecular formula is C41H36N4O2S. The molecule has 4 aromatic carbocycles. The number of likely N-dealkylation sites (N-methyl/N-ethyl adjacent to an activating group) is 2. The highest BCUT2D eigenvalue weighted by atomic mass is 32.1. The van der Waals surface area contributed by atoms with Crippen molar-refractivity contribution in [1.29, 1.82) is 0 Å². The van der Waals surface area contributed by atoms with Crippen LogP contribution >= 0.6 is 12.2 Å². The van der Waals surface area contributed by atoms with Crippen molar-refractivity contribution in [3.8, 4) is 0 Å². The van der Waals surface area contributed by atoms with Crippen LogP contribution in [-0.2, 0) is 22.7 Å². The van der Waals surface area contributed by atoms with Gasteiger partial charge in [0.15, 0.2) is 5.11 Å². The predicted molar refractivity (Wildman–Crippen MR) is 200 cm³/mol. The summed E-state index contributed by atoms with van der Waals surface area (Å²) in [6, 6.07) is 25.8. The first-order valence-corrected chi connectivity index (χ1v) is 17.0. The van der Waals surface area contributed by atoms with Gasteiger partial charge in [-0.15, -0.1) is 0 Å². The number of amides is 2. The second-order valence-electron chi connectivity index (χ2n) is 12.6. The van der Waals surface area contributed by atoms with E-state index in [1.54, 1.807) is 14.1 Å². The largest absolute Gasteiger partial charge is 0.341 e. The van der Waals surface area contributed by atoms with E-state index in [4.69, 9.17) is 12.2 Å². The Morgan fingerprint density at radius 1 is 0.604 bits per heavy atom. The number of benzene rings is 4. The molecule has 1 aliphatic carbocycles. The Balaban J connectivity index is 1.37. The molecule has 48 heavy (non-hydrogen) atoms. The maximum absolute atomic E-state index is 13.9. The fraction of sp³-hybridized carbons (Fsp3) is 0.195. The van der Waals surface area contributed by atoms with Gasteiger partial charge in [-0.1, -0.05) is 72.8 Å². The third kappa shape index (κ3) is 4.34. The van der Waals surface area contributed by atoms with Crippen molar-refractivity contribution in [3.05, 3.63) is 118 Å². The molecule has 0 spiro atoms. The number of aromatic nitrogens is 2. The lowest BCUT2D eigenvalue weighted by Crippen LogP contribution is -2.53. The lowest BCUT2D eigenvalue weighted by molar-refractivity contribution is -0.132. The molecule has 2 amide bonds. The molecule has 8 rings (SSSR count). The Bertz CT molecular complexity index is 2390. The van der Waals surface area contributed by atoms with Crippen molar-refractivity contribution in [2.24, 2.45) is 0 Å². The molecule has 238 valence electrons. The van der Waals surface area contributed by atoms with Crippen molar-refractivity contribution in [3.63, 3.8) is 0 Å². The van der Waals surface area contributed by atoms with Gasteiger partial charge in [0.25, 0.3) is 11.8 Å². The van der Waals surface area contributed by atoms with E-state index < -0.39 is 0 Å². The number of carbonyl (C=O) groups excluding carboxylic acids is 2. The summed E-state index contributed by atoms with van der Waals surface area (Å²) in [5.74, 6) is -0.725. The fourth-order valence-corrected chi connectivity index (χ4v) is 8.05. The number of hydrogen-bond donors (Lipinski definition) is 0. The molecule has 6 aromatic rings. The van der Waals surface area contributed by atoms with E-state index in [0.717, 1.165) is 34.9 Å². The second-order valence-corrected chi connectivity index (χ2v) is 13.0. The maximum Gasteiger partial charge on any atom is 0.266 e. The van der Waals surface area contributed by atoms with Gasteiger partial charge in [-0.3, -0.25) is 19.4 Å². The van der Waals surface area contributed by atoms with Gasteiger partial charge in [0.2, 0.25) is 0 Å². The molecule has 0 atom stereocenters. The minimum absolute atomic E-state index is 0.175.